The summed E-state index contributed by atoms with van der Waals surface area (Å²) in [5.74, 6) is 1.98. The molecule has 86 valence electrons. The maximum Gasteiger partial charge on any atom is -0.0298 e. The van der Waals surface area contributed by atoms with E-state index in [1.54, 1.807) is 0 Å². The minimum absolute atomic E-state index is 0.600. The van der Waals surface area contributed by atoms with E-state index in [1.165, 1.54) is 51.4 Å². The lowest BCUT2D eigenvalue weighted by Gasteiger charge is -2.44. The van der Waals surface area contributed by atoms with Crippen molar-refractivity contribution in [3.05, 3.63) is 12.8 Å². The van der Waals surface area contributed by atoms with Gasteiger partial charge in [0.1, 0.15) is 0 Å². The maximum atomic E-state index is 2.54. The van der Waals surface area contributed by atoms with Crippen LogP contribution in [0.3, 0.4) is 0 Å². The van der Waals surface area contributed by atoms with Crippen molar-refractivity contribution in [2.24, 2.45) is 17.3 Å². The van der Waals surface area contributed by atoms with Gasteiger partial charge in [0.05, 0.1) is 0 Å². The minimum Gasteiger partial charge on any atom is -0.0594 e. The molecule has 0 saturated heterocycles. The third-order valence-electron chi connectivity index (χ3n) is 4.98. The molecule has 0 aromatic rings. The summed E-state index contributed by atoms with van der Waals surface area (Å²) < 4.78 is 0. The molecular weight excluding hydrogens is 180 g/mol. The van der Waals surface area contributed by atoms with E-state index in [0.717, 1.165) is 11.8 Å². The van der Waals surface area contributed by atoms with Crippen molar-refractivity contribution in [2.45, 2.75) is 65.2 Å². The maximum absolute atomic E-state index is 2.54. The summed E-state index contributed by atoms with van der Waals surface area (Å²) in [6.45, 7) is 5.08. The summed E-state index contributed by atoms with van der Waals surface area (Å²) in [7, 11) is 0. The molecule has 0 aliphatic heterocycles. The van der Waals surface area contributed by atoms with Crippen molar-refractivity contribution < 1.29 is 0 Å². The first-order valence-corrected chi connectivity index (χ1v) is 6.84. The molecule has 0 nitrogen and oxygen atoms in total. The monoisotopic (exact) mass is 206 g/mol. The van der Waals surface area contributed by atoms with Crippen LogP contribution < -0.4 is 0 Å². The van der Waals surface area contributed by atoms with Gasteiger partial charge in [-0.15, -0.1) is 0 Å². The SMILES string of the molecule is CC(C)(C1CC[CH]CC1)C1CC[CH]CC1. The second kappa shape index (κ2) is 4.89. The lowest BCUT2D eigenvalue weighted by Crippen LogP contribution is -2.35. The summed E-state index contributed by atoms with van der Waals surface area (Å²) >= 11 is 0. The lowest BCUT2D eigenvalue weighted by atomic mass is 9.61. The molecular formula is C15H26. The van der Waals surface area contributed by atoms with Gasteiger partial charge in [0.25, 0.3) is 0 Å². The van der Waals surface area contributed by atoms with Gasteiger partial charge in [-0.2, -0.15) is 0 Å². The molecule has 0 bridgehead atoms. The van der Waals surface area contributed by atoms with E-state index >= 15 is 0 Å². The van der Waals surface area contributed by atoms with Gasteiger partial charge in [0, 0.05) is 0 Å². The molecule has 2 saturated carbocycles. The summed E-state index contributed by atoms with van der Waals surface area (Å²) in [5.41, 5.74) is 0.600. The Morgan fingerprint density at radius 2 is 1.07 bits per heavy atom. The average molecular weight is 206 g/mol. The predicted molar refractivity (Wildman–Crippen MR) is 66.3 cm³/mol. The van der Waals surface area contributed by atoms with Gasteiger partial charge in [-0.3, -0.25) is 0 Å². The van der Waals surface area contributed by atoms with E-state index in [0.29, 0.717) is 5.41 Å². The number of hydrogen-bond acceptors (Lipinski definition) is 0. The van der Waals surface area contributed by atoms with Gasteiger partial charge in [0.2, 0.25) is 0 Å². The normalized spacial score (nSPS) is 26.8. The van der Waals surface area contributed by atoms with Crippen LogP contribution in [0.5, 0.6) is 0 Å². The van der Waals surface area contributed by atoms with Gasteiger partial charge in [-0.25, -0.2) is 0 Å². The first-order chi connectivity index (χ1) is 7.21. The van der Waals surface area contributed by atoms with Gasteiger partial charge >= 0.3 is 0 Å². The zero-order valence-electron chi connectivity index (χ0n) is 10.5. The molecule has 0 aromatic heterocycles. The van der Waals surface area contributed by atoms with Gasteiger partial charge in [0.15, 0.2) is 0 Å². The summed E-state index contributed by atoms with van der Waals surface area (Å²) in [4.78, 5) is 0. The molecule has 0 aromatic carbocycles. The second-order valence-electron chi connectivity index (χ2n) is 6.10. The Morgan fingerprint density at radius 3 is 1.40 bits per heavy atom. The fourth-order valence-electron chi connectivity index (χ4n) is 3.67. The van der Waals surface area contributed by atoms with E-state index in [1.807, 2.05) is 0 Å². The summed E-state index contributed by atoms with van der Waals surface area (Å²) in [5, 5.41) is 0. The molecule has 0 heterocycles. The Kier molecular flexibility index (Phi) is 3.74. The van der Waals surface area contributed by atoms with Crippen molar-refractivity contribution in [3.63, 3.8) is 0 Å². The Balaban J connectivity index is 1.96. The molecule has 2 aliphatic rings. The van der Waals surface area contributed by atoms with Gasteiger partial charge < -0.3 is 0 Å². The Bertz CT molecular complexity index is 160. The number of hydrogen-bond donors (Lipinski definition) is 0. The molecule has 15 heavy (non-hydrogen) atoms. The predicted octanol–water partition coefficient (Wildman–Crippen LogP) is 4.80. The van der Waals surface area contributed by atoms with Crippen LogP contribution in [-0.4, -0.2) is 0 Å². The van der Waals surface area contributed by atoms with E-state index in [-0.39, 0.29) is 0 Å². The average Bonchev–Trinajstić information content (AvgIpc) is 2.31. The molecule has 0 N–H and O–H groups in total. The van der Waals surface area contributed by atoms with Crippen LogP contribution in [0.1, 0.15) is 65.2 Å². The fourth-order valence-corrected chi connectivity index (χ4v) is 3.67. The lowest BCUT2D eigenvalue weighted by molar-refractivity contribution is 0.0715. The Hall–Kier alpha value is 0. The standard InChI is InChI=1S/C15H26/c1-15(2,13-9-5-3-6-10-13)14-11-7-4-8-12-14/h3-4,13-14H,5-12H2,1-2H3. The highest BCUT2D eigenvalue weighted by molar-refractivity contribution is 4.92. The quantitative estimate of drug-likeness (QED) is 0.608. The van der Waals surface area contributed by atoms with Crippen LogP contribution in [0.2, 0.25) is 0 Å². The topological polar surface area (TPSA) is 0 Å². The molecule has 0 spiro atoms. The number of rotatable bonds is 2. The van der Waals surface area contributed by atoms with Crippen molar-refractivity contribution in [3.8, 4) is 0 Å². The fraction of sp³-hybridized carbons (Fsp3) is 0.867. The molecule has 2 aliphatic carbocycles. The molecule has 0 atom stereocenters. The third-order valence-corrected chi connectivity index (χ3v) is 4.98. The summed E-state index contributed by atoms with van der Waals surface area (Å²) in [6, 6.07) is 0. The highest BCUT2D eigenvalue weighted by Gasteiger charge is 2.37. The van der Waals surface area contributed by atoms with Gasteiger partial charge in [-0.05, 0) is 81.5 Å². The largest absolute Gasteiger partial charge is 0.0594 e. The highest BCUT2D eigenvalue weighted by atomic mass is 14.4. The Morgan fingerprint density at radius 1 is 0.733 bits per heavy atom. The van der Waals surface area contributed by atoms with Crippen molar-refractivity contribution >= 4 is 0 Å². The molecule has 2 radical (unpaired) electrons. The zero-order chi connectivity index (χ0) is 10.7. The Labute approximate surface area is 95.8 Å². The first-order valence-electron chi connectivity index (χ1n) is 6.84. The van der Waals surface area contributed by atoms with E-state index in [2.05, 4.69) is 26.7 Å². The molecule has 0 heteroatoms. The minimum atomic E-state index is 0.600. The van der Waals surface area contributed by atoms with Crippen molar-refractivity contribution in [2.75, 3.05) is 0 Å². The summed E-state index contributed by atoms with van der Waals surface area (Å²) in [6.07, 6.45) is 16.3. The van der Waals surface area contributed by atoms with E-state index in [9.17, 15) is 0 Å². The smallest absolute Gasteiger partial charge is 0.0298 e. The third kappa shape index (κ3) is 2.57. The molecule has 0 unspecified atom stereocenters. The zero-order valence-corrected chi connectivity index (χ0v) is 10.5. The molecule has 2 fully saturated rings. The van der Waals surface area contributed by atoms with Crippen LogP contribution in [0.15, 0.2) is 0 Å². The van der Waals surface area contributed by atoms with Crippen LogP contribution >= 0.6 is 0 Å². The highest BCUT2D eigenvalue weighted by Crippen LogP contribution is 2.47. The molecule has 0 amide bonds. The van der Waals surface area contributed by atoms with Crippen LogP contribution in [0, 0.1) is 30.1 Å². The van der Waals surface area contributed by atoms with Crippen molar-refractivity contribution in [1.29, 1.82) is 0 Å². The van der Waals surface area contributed by atoms with Gasteiger partial charge in [-0.1, -0.05) is 13.8 Å². The van der Waals surface area contributed by atoms with Crippen LogP contribution in [-0.2, 0) is 0 Å². The van der Waals surface area contributed by atoms with Crippen LogP contribution in [0.25, 0.3) is 0 Å². The molecule has 2 rings (SSSR count). The van der Waals surface area contributed by atoms with Crippen LogP contribution in [0.4, 0.5) is 0 Å². The van der Waals surface area contributed by atoms with E-state index in [4.69, 9.17) is 0 Å². The van der Waals surface area contributed by atoms with Crippen molar-refractivity contribution in [1.82, 2.24) is 0 Å². The second-order valence-corrected chi connectivity index (χ2v) is 6.10. The first kappa shape index (κ1) is 11.5. The van der Waals surface area contributed by atoms with E-state index < -0.39 is 0 Å².